The molecule has 0 unspecified atom stereocenters. The number of carboxylic acid groups (broad SMARTS) is 1. The van der Waals surface area contributed by atoms with Gasteiger partial charge in [0.05, 0.1) is 0 Å². The van der Waals surface area contributed by atoms with Gasteiger partial charge in [-0.15, -0.1) is 12.4 Å². The van der Waals surface area contributed by atoms with Gasteiger partial charge in [-0.2, -0.15) is 0 Å². The van der Waals surface area contributed by atoms with E-state index in [0.717, 1.165) is 6.41 Å². The minimum Gasteiger partial charge on any atom is -0.481 e. The molecule has 0 heterocycles. The smallest absolute Gasteiger partial charge is 0.303 e. The van der Waals surface area contributed by atoms with Crippen LogP contribution in [0.3, 0.4) is 0 Å². The van der Waals surface area contributed by atoms with Crippen LogP contribution in [0.2, 0.25) is 0 Å². The molecule has 0 aliphatic rings. The van der Waals surface area contributed by atoms with E-state index in [1.807, 2.05) is 6.92 Å². The van der Waals surface area contributed by atoms with Crippen LogP contribution in [0.25, 0.3) is 0 Å². The van der Waals surface area contributed by atoms with Gasteiger partial charge in [0.1, 0.15) is 5.78 Å². The number of carbonyl (C=O) groups excluding carboxylic acids is 2. The van der Waals surface area contributed by atoms with E-state index in [9.17, 15) is 14.4 Å². The number of carbonyl (C=O) groups is 3. The molecular formula is C10H30ClCuNO8. The first kappa shape index (κ1) is 59.3. The van der Waals surface area contributed by atoms with Crippen molar-refractivity contribution in [3.63, 3.8) is 0 Å². The zero-order valence-electron chi connectivity index (χ0n) is 12.8. The Labute approximate surface area is 142 Å². The Bertz CT molecular complexity index is 182. The van der Waals surface area contributed by atoms with Crippen molar-refractivity contribution >= 4 is 30.6 Å². The minimum atomic E-state index is -0.745. The van der Waals surface area contributed by atoms with Crippen LogP contribution in [-0.4, -0.2) is 64.2 Å². The van der Waals surface area contributed by atoms with Gasteiger partial charge in [0.15, 0.2) is 0 Å². The molecule has 0 bridgehead atoms. The number of nitrogens with zero attached hydrogens (tertiary/aromatic N) is 1. The van der Waals surface area contributed by atoms with Gasteiger partial charge in [-0.3, -0.25) is 9.59 Å². The number of Topliss-reactive ketones (excluding diaryl/α,β-unsaturated/α-hetero) is 1. The van der Waals surface area contributed by atoms with Crippen LogP contribution in [0.15, 0.2) is 0 Å². The normalized spacial score (nSPS) is 5.19. The first-order valence-electron chi connectivity index (χ1n) is 4.64. The van der Waals surface area contributed by atoms with Crippen molar-refractivity contribution in [2.75, 3.05) is 14.1 Å². The molecule has 141 valence electrons. The number of aliphatic carboxylic acids is 1. The van der Waals surface area contributed by atoms with E-state index in [0.29, 0.717) is 6.42 Å². The number of hydrogen-bond acceptors (Lipinski definition) is 3. The van der Waals surface area contributed by atoms with Gasteiger partial charge in [0.2, 0.25) is 6.41 Å². The summed E-state index contributed by atoms with van der Waals surface area (Å²) in [5.41, 5.74) is 0. The zero-order valence-corrected chi connectivity index (χ0v) is 14.6. The molecule has 9 N–H and O–H groups in total. The largest absolute Gasteiger partial charge is 0.481 e. The maximum Gasteiger partial charge on any atom is 0.303 e. The molecule has 9 nitrogen and oxygen atoms in total. The summed E-state index contributed by atoms with van der Waals surface area (Å²) in [7, 11) is 3.38. The molecule has 0 fully saturated rings. The van der Waals surface area contributed by atoms with Gasteiger partial charge in [-0.25, -0.2) is 0 Å². The van der Waals surface area contributed by atoms with Gasteiger partial charge in [0, 0.05) is 44.0 Å². The maximum absolute atomic E-state index is 9.81. The minimum absolute atomic E-state index is 0. The predicted molar refractivity (Wildman–Crippen MR) is 80.4 cm³/mol. The van der Waals surface area contributed by atoms with Crippen molar-refractivity contribution in [2.24, 2.45) is 0 Å². The monoisotopic (exact) mass is 390 g/mol. The Kier molecular flexibility index (Phi) is 143. The Morgan fingerprint density at radius 1 is 1.00 bits per heavy atom. The molecule has 0 saturated carbocycles. The maximum atomic E-state index is 9.81. The van der Waals surface area contributed by atoms with Crippen LogP contribution in [0.5, 0.6) is 0 Å². The number of rotatable bonds is 3. The molecule has 1 amide bonds. The zero-order chi connectivity index (χ0) is 12.9. The van der Waals surface area contributed by atoms with Gasteiger partial charge < -0.3 is 36.7 Å². The van der Waals surface area contributed by atoms with Crippen molar-refractivity contribution in [3.05, 3.63) is 0 Å². The third-order valence-electron chi connectivity index (χ3n) is 1.01. The Hall–Kier alpha value is -0.741. The fourth-order valence-corrected chi connectivity index (χ4v) is 0. The Morgan fingerprint density at radius 2 is 1.14 bits per heavy atom. The molecule has 0 aromatic heterocycles. The summed E-state index contributed by atoms with van der Waals surface area (Å²) in [6, 6.07) is 0. The third kappa shape index (κ3) is 207. The van der Waals surface area contributed by atoms with Crippen LogP contribution in [-0.2, 0) is 31.5 Å². The summed E-state index contributed by atoms with van der Waals surface area (Å²) in [5, 5.41) is 7.72. The molecular weight excluding hydrogens is 361 g/mol. The van der Waals surface area contributed by atoms with Gasteiger partial charge in [0.25, 0.3) is 0 Å². The molecule has 0 aromatic carbocycles. The first-order valence-corrected chi connectivity index (χ1v) is 4.64. The van der Waals surface area contributed by atoms with Crippen LogP contribution in [0, 0.1) is 0 Å². The van der Waals surface area contributed by atoms with E-state index in [1.165, 1.54) is 4.90 Å². The number of halogens is 1. The van der Waals surface area contributed by atoms with E-state index in [1.54, 1.807) is 27.9 Å². The number of amides is 1. The first-order chi connectivity index (χ1) is 6.81. The second kappa shape index (κ2) is 50.7. The van der Waals surface area contributed by atoms with Crippen molar-refractivity contribution < 1.29 is 58.5 Å². The summed E-state index contributed by atoms with van der Waals surface area (Å²) in [6.45, 7) is 5.03. The topological polar surface area (TPSA) is 201 Å². The quantitative estimate of drug-likeness (QED) is 0.441. The molecule has 0 aliphatic carbocycles. The Morgan fingerprint density at radius 3 is 1.14 bits per heavy atom. The molecule has 0 rings (SSSR count). The molecule has 0 aliphatic heterocycles. The van der Waals surface area contributed by atoms with Gasteiger partial charge in [-0.1, -0.05) is 13.8 Å². The van der Waals surface area contributed by atoms with E-state index < -0.39 is 5.97 Å². The summed E-state index contributed by atoms with van der Waals surface area (Å²) < 4.78 is 0. The van der Waals surface area contributed by atoms with E-state index in [-0.39, 0.29) is 63.6 Å². The summed E-state index contributed by atoms with van der Waals surface area (Å²) in [4.78, 5) is 30.1. The van der Waals surface area contributed by atoms with Crippen molar-refractivity contribution in [2.45, 2.75) is 33.6 Å². The molecule has 0 saturated heterocycles. The van der Waals surface area contributed by atoms with Gasteiger partial charge in [-0.05, 0) is 6.92 Å². The Balaban J connectivity index is -0.0000000129. The molecule has 0 spiro atoms. The average Bonchev–Trinajstić information content (AvgIpc) is 2.19. The molecule has 1 radical (unpaired) electrons. The van der Waals surface area contributed by atoms with E-state index in [4.69, 9.17) is 5.11 Å². The fraction of sp³-hybridized carbons (Fsp3) is 0.700. The van der Waals surface area contributed by atoms with Crippen molar-refractivity contribution in [1.82, 2.24) is 4.90 Å². The van der Waals surface area contributed by atoms with E-state index >= 15 is 0 Å². The number of ketones is 1. The van der Waals surface area contributed by atoms with Crippen LogP contribution in [0.1, 0.15) is 33.6 Å². The number of carboxylic acids is 1. The van der Waals surface area contributed by atoms with Crippen molar-refractivity contribution in [3.8, 4) is 0 Å². The van der Waals surface area contributed by atoms with Gasteiger partial charge >= 0.3 is 5.97 Å². The molecule has 11 heteroatoms. The van der Waals surface area contributed by atoms with Crippen LogP contribution in [0.4, 0.5) is 0 Å². The molecule has 0 aromatic rings. The second-order valence-corrected chi connectivity index (χ2v) is 2.87. The van der Waals surface area contributed by atoms with Crippen molar-refractivity contribution in [1.29, 1.82) is 0 Å². The fourth-order valence-electron chi connectivity index (χ4n) is 0. The predicted octanol–water partition coefficient (Wildman–Crippen LogP) is -1.71. The SMILES string of the molecule is CCC(=O)O.CCC(C)=O.CN(C)C=O.Cl.O.O.O.O.[Cu]. The average molecular weight is 391 g/mol. The van der Waals surface area contributed by atoms with E-state index in [2.05, 4.69) is 0 Å². The summed E-state index contributed by atoms with van der Waals surface area (Å²) in [5.74, 6) is -0.491. The summed E-state index contributed by atoms with van der Waals surface area (Å²) in [6.07, 6.45) is 1.64. The molecule has 0 atom stereocenters. The van der Waals surface area contributed by atoms with Crippen LogP contribution < -0.4 is 0 Å². The molecule has 21 heavy (non-hydrogen) atoms. The standard InChI is InChI=1S/C4H8O.C3H7NO.C3H6O2.ClH.Cu.4H2O/c1-3-4(2)5;1-4(2)3-5;1-2-3(4)5;;;;;;/h3H2,1-2H3;3H,1-2H3;2H2,1H3,(H,4,5);1H;;4*1H2. The van der Waals surface area contributed by atoms with Crippen LogP contribution >= 0.6 is 12.4 Å². The summed E-state index contributed by atoms with van der Waals surface area (Å²) >= 11 is 0. The third-order valence-corrected chi connectivity index (χ3v) is 1.01. The second-order valence-electron chi connectivity index (χ2n) is 2.87. The number of hydrogen-bond donors (Lipinski definition) is 1.